The summed E-state index contributed by atoms with van der Waals surface area (Å²) in [6.07, 6.45) is 5.85. The fourth-order valence-electron chi connectivity index (χ4n) is 4.31. The summed E-state index contributed by atoms with van der Waals surface area (Å²) in [6, 6.07) is 8.60. The first-order valence-corrected chi connectivity index (χ1v) is 11.3. The van der Waals surface area contributed by atoms with Crippen molar-refractivity contribution in [2.45, 2.75) is 38.8 Å². The molecule has 4 atom stereocenters. The molecule has 162 valence electrons. The van der Waals surface area contributed by atoms with Gasteiger partial charge < -0.3 is 20.6 Å². The van der Waals surface area contributed by atoms with E-state index in [-0.39, 0.29) is 0 Å². The van der Waals surface area contributed by atoms with Crippen molar-refractivity contribution in [3.63, 3.8) is 0 Å². The molecule has 0 spiro atoms. The van der Waals surface area contributed by atoms with Crippen LogP contribution in [-0.2, 0) is 0 Å². The van der Waals surface area contributed by atoms with Crippen LogP contribution in [0.15, 0.2) is 36.7 Å². The van der Waals surface area contributed by atoms with Crippen LogP contribution >= 0.6 is 0 Å². The second-order valence-corrected chi connectivity index (χ2v) is 9.04. The number of aromatic amines is 2. The molecule has 2 aliphatic heterocycles. The summed E-state index contributed by atoms with van der Waals surface area (Å²) >= 11 is 0. The number of imidazole rings is 2. The van der Waals surface area contributed by atoms with E-state index in [4.69, 9.17) is 0 Å². The molecule has 0 aliphatic carbocycles. The summed E-state index contributed by atoms with van der Waals surface area (Å²) in [6.45, 7) is 6.59. The van der Waals surface area contributed by atoms with Crippen molar-refractivity contribution in [2.75, 3.05) is 13.1 Å². The van der Waals surface area contributed by atoms with E-state index in [0.717, 1.165) is 60.1 Å². The summed E-state index contributed by atoms with van der Waals surface area (Å²) in [5.41, 5.74) is 3.58. The molecular formula is C26H28N6. The highest BCUT2D eigenvalue weighted by molar-refractivity contribution is 5.46. The molecule has 2 aliphatic rings. The van der Waals surface area contributed by atoms with Crippen LogP contribution in [-0.4, -0.2) is 33.0 Å². The van der Waals surface area contributed by atoms with Crippen LogP contribution < -0.4 is 10.6 Å². The minimum absolute atomic E-state index is 0.308. The number of hydrogen-bond acceptors (Lipinski definition) is 4. The Morgan fingerprint density at radius 2 is 1.12 bits per heavy atom. The Morgan fingerprint density at radius 1 is 0.688 bits per heavy atom. The van der Waals surface area contributed by atoms with Crippen molar-refractivity contribution in [1.82, 2.24) is 30.6 Å². The first-order valence-electron chi connectivity index (χ1n) is 11.3. The van der Waals surface area contributed by atoms with E-state index in [1.54, 1.807) is 0 Å². The Morgan fingerprint density at radius 3 is 1.50 bits per heavy atom. The molecule has 6 nitrogen and oxygen atoms in total. The summed E-state index contributed by atoms with van der Waals surface area (Å²) in [5.74, 6) is 16.1. The zero-order valence-corrected chi connectivity index (χ0v) is 18.5. The average Bonchev–Trinajstić information content (AvgIpc) is 3.59. The molecular weight excluding hydrogens is 396 g/mol. The van der Waals surface area contributed by atoms with Gasteiger partial charge in [-0.25, -0.2) is 9.97 Å². The highest BCUT2D eigenvalue weighted by atomic mass is 15.0. The van der Waals surface area contributed by atoms with E-state index in [0.29, 0.717) is 23.9 Å². The van der Waals surface area contributed by atoms with Gasteiger partial charge in [-0.05, 0) is 73.9 Å². The Hall–Kier alpha value is -3.32. The molecule has 2 fully saturated rings. The second kappa shape index (κ2) is 9.04. The SMILES string of the molecule is CC1CNC(c2ncc(C#Cc3ccc(C#Cc4cnc(C5CC(C)CN5)[nH]4)cc3)[nH]2)C1. The van der Waals surface area contributed by atoms with Crippen molar-refractivity contribution >= 4 is 0 Å². The topological polar surface area (TPSA) is 81.4 Å². The van der Waals surface area contributed by atoms with Gasteiger partial charge in [0.05, 0.1) is 24.5 Å². The van der Waals surface area contributed by atoms with E-state index in [1.807, 2.05) is 36.7 Å². The minimum atomic E-state index is 0.308. The third kappa shape index (κ3) is 4.78. The molecule has 0 amide bonds. The standard InChI is InChI=1S/C26H28N6/c1-17-11-23(27-13-17)25-29-15-21(31-25)9-7-19-3-5-20(6-4-19)8-10-22-16-30-26(32-22)24-12-18(2)14-28-24/h3-6,15-18,23-24,27-28H,11-14H2,1-2H3,(H,29,31)(H,30,32). The summed E-state index contributed by atoms with van der Waals surface area (Å²) in [5, 5.41) is 6.99. The minimum Gasteiger partial charge on any atom is -0.334 e. The second-order valence-electron chi connectivity index (χ2n) is 9.04. The van der Waals surface area contributed by atoms with Gasteiger partial charge in [-0.1, -0.05) is 25.7 Å². The van der Waals surface area contributed by atoms with Gasteiger partial charge in [-0.3, -0.25) is 0 Å². The predicted molar refractivity (Wildman–Crippen MR) is 125 cm³/mol. The lowest BCUT2D eigenvalue weighted by molar-refractivity contribution is 0.587. The molecule has 32 heavy (non-hydrogen) atoms. The van der Waals surface area contributed by atoms with Crippen LogP contribution in [0.5, 0.6) is 0 Å². The quantitative estimate of drug-likeness (QED) is 0.476. The number of nitrogens with zero attached hydrogens (tertiary/aromatic N) is 2. The van der Waals surface area contributed by atoms with Crippen LogP contribution in [0.1, 0.15) is 72.9 Å². The molecule has 2 aromatic heterocycles. The molecule has 4 unspecified atom stereocenters. The lowest BCUT2D eigenvalue weighted by Crippen LogP contribution is -2.14. The van der Waals surface area contributed by atoms with Gasteiger partial charge in [0.2, 0.25) is 0 Å². The van der Waals surface area contributed by atoms with Gasteiger partial charge in [-0.2, -0.15) is 0 Å². The lowest BCUT2D eigenvalue weighted by atomic mass is 10.1. The molecule has 1 aromatic carbocycles. The number of nitrogens with one attached hydrogen (secondary N) is 4. The highest BCUT2D eigenvalue weighted by Gasteiger charge is 2.24. The number of benzene rings is 1. The van der Waals surface area contributed by atoms with Gasteiger partial charge in [0, 0.05) is 11.1 Å². The third-order valence-electron chi connectivity index (χ3n) is 6.12. The molecule has 2 saturated heterocycles. The third-order valence-corrected chi connectivity index (χ3v) is 6.12. The Kier molecular flexibility index (Phi) is 5.81. The summed E-state index contributed by atoms with van der Waals surface area (Å²) in [4.78, 5) is 15.7. The van der Waals surface area contributed by atoms with Gasteiger partial charge in [0.25, 0.3) is 0 Å². The van der Waals surface area contributed by atoms with Crippen LogP contribution in [0, 0.1) is 35.5 Å². The Labute approximate surface area is 189 Å². The molecule has 0 bridgehead atoms. The molecule has 3 aromatic rings. The van der Waals surface area contributed by atoms with Gasteiger partial charge in [-0.15, -0.1) is 0 Å². The zero-order valence-electron chi connectivity index (χ0n) is 18.5. The average molecular weight is 425 g/mol. The van der Waals surface area contributed by atoms with E-state index in [2.05, 4.69) is 68.1 Å². The molecule has 4 N–H and O–H groups in total. The van der Waals surface area contributed by atoms with Gasteiger partial charge in [0.1, 0.15) is 23.0 Å². The maximum atomic E-state index is 4.49. The van der Waals surface area contributed by atoms with Crippen molar-refractivity contribution in [2.24, 2.45) is 11.8 Å². The lowest BCUT2D eigenvalue weighted by Gasteiger charge is -2.05. The Bertz CT molecular complexity index is 1100. The van der Waals surface area contributed by atoms with E-state index in [9.17, 15) is 0 Å². The maximum Gasteiger partial charge on any atom is 0.124 e. The molecule has 0 saturated carbocycles. The van der Waals surface area contributed by atoms with Crippen LogP contribution in [0.25, 0.3) is 0 Å². The van der Waals surface area contributed by atoms with Crippen molar-refractivity contribution in [3.05, 3.63) is 70.8 Å². The normalized spacial score (nSPS) is 24.6. The summed E-state index contributed by atoms with van der Waals surface area (Å²) < 4.78 is 0. The van der Waals surface area contributed by atoms with Crippen molar-refractivity contribution in [1.29, 1.82) is 0 Å². The van der Waals surface area contributed by atoms with Crippen LogP contribution in [0.3, 0.4) is 0 Å². The molecule has 6 heteroatoms. The fraction of sp³-hybridized carbons (Fsp3) is 0.385. The number of H-pyrrole nitrogens is 2. The maximum absolute atomic E-state index is 4.49. The largest absolute Gasteiger partial charge is 0.334 e. The van der Waals surface area contributed by atoms with E-state index < -0.39 is 0 Å². The fourth-order valence-corrected chi connectivity index (χ4v) is 4.31. The first kappa shape index (κ1) is 20.6. The van der Waals surface area contributed by atoms with E-state index >= 15 is 0 Å². The first-order chi connectivity index (χ1) is 15.6. The van der Waals surface area contributed by atoms with E-state index in [1.165, 1.54) is 0 Å². The number of aromatic nitrogens is 4. The number of rotatable bonds is 2. The van der Waals surface area contributed by atoms with Gasteiger partial charge >= 0.3 is 0 Å². The van der Waals surface area contributed by atoms with Crippen molar-refractivity contribution in [3.8, 4) is 23.7 Å². The predicted octanol–water partition coefficient (Wildman–Crippen LogP) is 3.27. The monoisotopic (exact) mass is 424 g/mol. The van der Waals surface area contributed by atoms with Crippen LogP contribution in [0.4, 0.5) is 0 Å². The van der Waals surface area contributed by atoms with Gasteiger partial charge in [0.15, 0.2) is 0 Å². The smallest absolute Gasteiger partial charge is 0.124 e. The molecule has 5 rings (SSSR count). The van der Waals surface area contributed by atoms with Crippen LogP contribution in [0.2, 0.25) is 0 Å². The Balaban J connectivity index is 1.21. The zero-order chi connectivity index (χ0) is 21.9. The molecule has 0 radical (unpaired) electrons. The number of hydrogen-bond donors (Lipinski definition) is 4. The molecule has 4 heterocycles. The van der Waals surface area contributed by atoms with Crippen molar-refractivity contribution < 1.29 is 0 Å². The highest BCUT2D eigenvalue weighted by Crippen LogP contribution is 2.25. The summed E-state index contributed by atoms with van der Waals surface area (Å²) in [7, 11) is 0.